The third-order valence-corrected chi connectivity index (χ3v) is 3.67. The normalized spacial score (nSPS) is 12.7. The van der Waals surface area contributed by atoms with Crippen LogP contribution in [0.5, 0.6) is 0 Å². The van der Waals surface area contributed by atoms with Gasteiger partial charge in [-0.1, -0.05) is 36.4 Å². The minimum absolute atomic E-state index is 0.242. The number of alkyl halides is 4. The van der Waals surface area contributed by atoms with Crippen LogP contribution >= 0.6 is 11.6 Å². The first-order valence-corrected chi connectivity index (χ1v) is 7.35. The maximum absolute atomic E-state index is 12.5. The first-order valence-electron chi connectivity index (χ1n) is 6.91. The minimum Gasteiger partial charge on any atom is -0.465 e. The van der Waals surface area contributed by atoms with E-state index in [1.807, 2.05) is 0 Å². The third-order valence-electron chi connectivity index (χ3n) is 3.24. The summed E-state index contributed by atoms with van der Waals surface area (Å²) in [6.07, 6.45) is -4.35. The second kappa shape index (κ2) is 7.04. The smallest absolute Gasteiger partial charge is 0.416 e. The van der Waals surface area contributed by atoms with E-state index in [4.69, 9.17) is 16.3 Å². The summed E-state index contributed by atoms with van der Waals surface area (Å²) in [6.45, 7) is 1.93. The van der Waals surface area contributed by atoms with E-state index in [1.165, 1.54) is 12.1 Å². The molecule has 0 aliphatic carbocycles. The minimum atomic E-state index is -4.35. The van der Waals surface area contributed by atoms with Crippen molar-refractivity contribution in [2.75, 3.05) is 6.61 Å². The standard InChI is InChI=1S/C17H14ClF3O2/c1-2-23-16(22)15(18)13-5-3-11(4-6-13)12-7-9-14(10-8-12)17(19,20)21/h3-10,15H,2H2,1H3. The average Bonchev–Trinajstić information content (AvgIpc) is 2.54. The maximum Gasteiger partial charge on any atom is 0.416 e. The van der Waals surface area contributed by atoms with Gasteiger partial charge in [0.05, 0.1) is 12.2 Å². The Bertz CT molecular complexity index is 664. The fourth-order valence-electron chi connectivity index (χ4n) is 2.05. The van der Waals surface area contributed by atoms with Gasteiger partial charge >= 0.3 is 12.1 Å². The Hall–Kier alpha value is -2.01. The highest BCUT2D eigenvalue weighted by molar-refractivity contribution is 6.29. The van der Waals surface area contributed by atoms with Gasteiger partial charge in [-0.15, -0.1) is 11.6 Å². The number of esters is 1. The number of ether oxygens (including phenoxy) is 1. The van der Waals surface area contributed by atoms with Crippen LogP contribution in [0.25, 0.3) is 11.1 Å². The maximum atomic E-state index is 12.5. The predicted octanol–water partition coefficient (Wildman–Crippen LogP) is 5.22. The number of hydrogen-bond acceptors (Lipinski definition) is 2. The van der Waals surface area contributed by atoms with Crippen LogP contribution in [0.3, 0.4) is 0 Å². The molecular formula is C17H14ClF3O2. The van der Waals surface area contributed by atoms with Gasteiger partial charge in [0.15, 0.2) is 5.38 Å². The number of rotatable bonds is 4. The van der Waals surface area contributed by atoms with E-state index in [9.17, 15) is 18.0 Å². The van der Waals surface area contributed by atoms with Gasteiger partial charge in [-0.2, -0.15) is 13.2 Å². The molecule has 0 bridgehead atoms. The summed E-state index contributed by atoms with van der Waals surface area (Å²) in [5.41, 5.74) is 1.25. The second-order valence-corrected chi connectivity index (χ2v) is 5.25. The molecule has 0 spiro atoms. The molecule has 1 unspecified atom stereocenters. The van der Waals surface area contributed by atoms with Crippen molar-refractivity contribution in [2.45, 2.75) is 18.5 Å². The first kappa shape index (κ1) is 17.3. The summed E-state index contributed by atoms with van der Waals surface area (Å²) in [5, 5.41) is -0.906. The molecule has 0 radical (unpaired) electrons. The molecule has 1 atom stereocenters. The Balaban J connectivity index is 2.18. The van der Waals surface area contributed by atoms with Gasteiger partial charge in [0.2, 0.25) is 0 Å². The molecule has 0 aliphatic heterocycles. The summed E-state index contributed by atoms with van der Waals surface area (Å²) in [7, 11) is 0. The van der Waals surface area contributed by atoms with Gasteiger partial charge < -0.3 is 4.74 Å². The van der Waals surface area contributed by atoms with Crippen molar-refractivity contribution >= 4 is 17.6 Å². The molecule has 2 rings (SSSR count). The van der Waals surface area contributed by atoms with Gasteiger partial charge in [0.1, 0.15) is 0 Å². The van der Waals surface area contributed by atoms with Gasteiger partial charge in [-0.3, -0.25) is 4.79 Å². The third kappa shape index (κ3) is 4.26. The van der Waals surface area contributed by atoms with Crippen LogP contribution in [0.2, 0.25) is 0 Å². The molecule has 0 saturated carbocycles. The van der Waals surface area contributed by atoms with Crippen molar-refractivity contribution in [1.82, 2.24) is 0 Å². The second-order valence-electron chi connectivity index (χ2n) is 4.81. The molecule has 2 aromatic rings. The molecule has 2 aromatic carbocycles. The molecule has 23 heavy (non-hydrogen) atoms. The Morgan fingerprint density at radius 1 is 1.04 bits per heavy atom. The highest BCUT2D eigenvalue weighted by atomic mass is 35.5. The van der Waals surface area contributed by atoms with E-state index < -0.39 is 23.1 Å². The van der Waals surface area contributed by atoms with E-state index in [-0.39, 0.29) is 6.61 Å². The zero-order chi connectivity index (χ0) is 17.0. The van der Waals surface area contributed by atoms with Crippen molar-refractivity contribution in [3.8, 4) is 11.1 Å². The van der Waals surface area contributed by atoms with E-state index in [1.54, 1.807) is 31.2 Å². The zero-order valence-corrected chi connectivity index (χ0v) is 13.0. The number of carbonyl (C=O) groups excluding carboxylic acids is 1. The molecule has 0 aliphatic rings. The molecule has 0 aromatic heterocycles. The molecule has 0 amide bonds. The fraction of sp³-hybridized carbons (Fsp3) is 0.235. The Labute approximate surface area is 136 Å². The lowest BCUT2D eigenvalue weighted by molar-refractivity contribution is -0.142. The Morgan fingerprint density at radius 3 is 1.96 bits per heavy atom. The van der Waals surface area contributed by atoms with Crippen LogP contribution in [0.15, 0.2) is 48.5 Å². The molecule has 0 heterocycles. The number of carbonyl (C=O) groups is 1. The van der Waals surface area contributed by atoms with E-state index in [0.29, 0.717) is 11.1 Å². The molecule has 6 heteroatoms. The number of hydrogen-bond donors (Lipinski definition) is 0. The van der Waals surface area contributed by atoms with Crippen molar-refractivity contribution in [3.05, 3.63) is 59.7 Å². The summed E-state index contributed by atoms with van der Waals surface area (Å²) < 4.78 is 42.5. The van der Waals surface area contributed by atoms with Gasteiger partial charge in [-0.05, 0) is 35.7 Å². The van der Waals surface area contributed by atoms with Crippen molar-refractivity contribution in [1.29, 1.82) is 0 Å². The Kier molecular flexibility index (Phi) is 5.31. The molecule has 122 valence electrons. The van der Waals surface area contributed by atoms with Crippen LogP contribution < -0.4 is 0 Å². The average molecular weight is 343 g/mol. The molecule has 0 saturated heterocycles. The molecule has 2 nitrogen and oxygen atoms in total. The summed E-state index contributed by atoms with van der Waals surface area (Å²) >= 11 is 6.01. The lowest BCUT2D eigenvalue weighted by Gasteiger charge is -2.10. The summed E-state index contributed by atoms with van der Waals surface area (Å²) in [5.74, 6) is -0.531. The molecule has 0 N–H and O–H groups in total. The quantitative estimate of drug-likeness (QED) is 0.563. The lowest BCUT2D eigenvalue weighted by atomic mass is 10.0. The van der Waals surface area contributed by atoms with Crippen LogP contribution in [0.4, 0.5) is 13.2 Å². The number of benzene rings is 2. The number of halogens is 4. The van der Waals surface area contributed by atoms with Crippen molar-refractivity contribution in [2.24, 2.45) is 0 Å². The van der Waals surface area contributed by atoms with E-state index in [2.05, 4.69) is 0 Å². The SMILES string of the molecule is CCOC(=O)C(Cl)c1ccc(-c2ccc(C(F)(F)F)cc2)cc1. The van der Waals surface area contributed by atoms with E-state index in [0.717, 1.165) is 17.7 Å². The van der Waals surface area contributed by atoms with Gasteiger partial charge in [0.25, 0.3) is 0 Å². The molecule has 0 fully saturated rings. The summed E-state index contributed by atoms with van der Waals surface area (Å²) in [4.78, 5) is 11.6. The largest absolute Gasteiger partial charge is 0.465 e. The summed E-state index contributed by atoms with van der Waals surface area (Å²) in [6, 6.07) is 11.6. The topological polar surface area (TPSA) is 26.3 Å². The Morgan fingerprint density at radius 2 is 1.52 bits per heavy atom. The highest BCUT2D eigenvalue weighted by Gasteiger charge is 2.30. The monoisotopic (exact) mass is 342 g/mol. The van der Waals surface area contributed by atoms with Crippen molar-refractivity contribution in [3.63, 3.8) is 0 Å². The van der Waals surface area contributed by atoms with Gasteiger partial charge in [-0.25, -0.2) is 0 Å². The fourth-order valence-corrected chi connectivity index (χ4v) is 2.26. The highest BCUT2D eigenvalue weighted by Crippen LogP contribution is 2.31. The van der Waals surface area contributed by atoms with Crippen LogP contribution in [0.1, 0.15) is 23.4 Å². The van der Waals surface area contributed by atoms with Crippen LogP contribution in [-0.2, 0) is 15.7 Å². The van der Waals surface area contributed by atoms with Crippen LogP contribution in [0, 0.1) is 0 Å². The van der Waals surface area contributed by atoms with E-state index >= 15 is 0 Å². The zero-order valence-electron chi connectivity index (χ0n) is 12.2. The predicted molar refractivity (Wildman–Crippen MR) is 82.1 cm³/mol. The lowest BCUT2D eigenvalue weighted by Crippen LogP contribution is -2.10. The molecular weight excluding hydrogens is 329 g/mol. The van der Waals surface area contributed by atoms with Crippen molar-refractivity contribution < 1.29 is 22.7 Å². The first-order chi connectivity index (χ1) is 10.8. The van der Waals surface area contributed by atoms with Crippen LogP contribution in [-0.4, -0.2) is 12.6 Å². The van der Waals surface area contributed by atoms with Gasteiger partial charge in [0, 0.05) is 0 Å².